The fourth-order valence-electron chi connectivity index (χ4n) is 2.03. The van der Waals surface area contributed by atoms with E-state index < -0.39 is 11.5 Å². The Morgan fingerprint density at radius 3 is 2.65 bits per heavy atom. The topological polar surface area (TPSA) is 58.6 Å². The van der Waals surface area contributed by atoms with Crippen LogP contribution in [0.25, 0.3) is 0 Å². The molecular weight excluding hydrogens is 218 g/mol. The van der Waals surface area contributed by atoms with Crippen LogP contribution in [0.3, 0.4) is 0 Å². The van der Waals surface area contributed by atoms with Crippen molar-refractivity contribution in [1.82, 2.24) is 0 Å². The molecule has 4 heteroatoms. The number of carboxylic acid groups (broad SMARTS) is 1. The first-order valence-electron chi connectivity index (χ1n) is 5.78. The molecule has 1 aromatic rings. The molecule has 0 aliphatic carbocycles. The quantitative estimate of drug-likeness (QED) is 0.841. The van der Waals surface area contributed by atoms with Gasteiger partial charge in [-0.05, 0) is 31.9 Å². The lowest BCUT2D eigenvalue weighted by molar-refractivity contribution is -0.146. The van der Waals surface area contributed by atoms with E-state index in [-0.39, 0.29) is 6.61 Å². The van der Waals surface area contributed by atoms with Gasteiger partial charge in [0.25, 0.3) is 0 Å². The molecule has 1 fully saturated rings. The van der Waals surface area contributed by atoms with Gasteiger partial charge in [-0.15, -0.1) is 0 Å². The number of carboxylic acids is 1. The molecule has 0 spiro atoms. The number of rotatable bonds is 3. The van der Waals surface area contributed by atoms with Gasteiger partial charge in [-0.1, -0.05) is 17.7 Å². The third-order valence-electron chi connectivity index (χ3n) is 3.09. The molecule has 17 heavy (non-hydrogen) atoms. The van der Waals surface area contributed by atoms with Crippen LogP contribution in [0.4, 0.5) is 5.69 Å². The number of aliphatic carboxylic acids is 1. The number of hydrogen-bond acceptors (Lipinski definition) is 3. The highest BCUT2D eigenvalue weighted by molar-refractivity contribution is 5.83. The van der Waals surface area contributed by atoms with Gasteiger partial charge in [0.05, 0.1) is 6.61 Å². The second-order valence-electron chi connectivity index (χ2n) is 4.53. The lowest BCUT2D eigenvalue weighted by atomic mass is 9.92. The molecule has 1 aliphatic heterocycles. The number of anilines is 1. The normalized spacial score (nSPS) is 24.3. The molecule has 1 saturated heterocycles. The van der Waals surface area contributed by atoms with Gasteiger partial charge in [0, 0.05) is 12.3 Å². The van der Waals surface area contributed by atoms with Crippen LogP contribution in [-0.4, -0.2) is 29.8 Å². The summed E-state index contributed by atoms with van der Waals surface area (Å²) in [6, 6.07) is 7.71. The Hall–Kier alpha value is -1.55. The van der Waals surface area contributed by atoms with Crippen LogP contribution in [0.15, 0.2) is 24.3 Å². The summed E-state index contributed by atoms with van der Waals surface area (Å²) < 4.78 is 5.30. The molecule has 0 bridgehead atoms. The Labute approximate surface area is 101 Å². The van der Waals surface area contributed by atoms with Crippen molar-refractivity contribution in [2.45, 2.75) is 25.3 Å². The zero-order valence-electron chi connectivity index (χ0n) is 9.90. The molecule has 1 atom stereocenters. The first-order valence-corrected chi connectivity index (χ1v) is 5.78. The largest absolute Gasteiger partial charge is 0.479 e. The minimum absolute atomic E-state index is 0.218. The molecule has 0 saturated carbocycles. The van der Waals surface area contributed by atoms with Crippen molar-refractivity contribution in [2.24, 2.45) is 0 Å². The van der Waals surface area contributed by atoms with E-state index in [0.29, 0.717) is 13.0 Å². The minimum atomic E-state index is -0.979. The van der Waals surface area contributed by atoms with E-state index in [1.54, 1.807) is 0 Å². The summed E-state index contributed by atoms with van der Waals surface area (Å²) in [6.45, 7) is 2.86. The van der Waals surface area contributed by atoms with Crippen LogP contribution >= 0.6 is 0 Å². The Balaban J connectivity index is 2.17. The second kappa shape index (κ2) is 4.75. The number of carbonyl (C=O) groups is 1. The smallest absolute Gasteiger partial charge is 0.331 e. The van der Waals surface area contributed by atoms with E-state index in [0.717, 1.165) is 17.7 Å². The van der Waals surface area contributed by atoms with E-state index in [1.807, 2.05) is 31.2 Å². The summed E-state index contributed by atoms with van der Waals surface area (Å²) in [4.78, 5) is 11.4. The molecule has 4 nitrogen and oxygen atoms in total. The highest BCUT2D eigenvalue weighted by Gasteiger charge is 2.40. The molecule has 0 aromatic heterocycles. The number of aryl methyl sites for hydroxylation is 1. The molecule has 2 N–H and O–H groups in total. The third-order valence-corrected chi connectivity index (χ3v) is 3.09. The Kier molecular flexibility index (Phi) is 3.33. The number of nitrogens with one attached hydrogen (secondary N) is 1. The fourth-order valence-corrected chi connectivity index (χ4v) is 2.03. The van der Waals surface area contributed by atoms with Crippen LogP contribution < -0.4 is 5.32 Å². The maximum Gasteiger partial charge on any atom is 0.331 e. The van der Waals surface area contributed by atoms with Crippen molar-refractivity contribution < 1.29 is 14.6 Å². The molecular formula is C13H17NO3. The Bertz CT molecular complexity index is 394. The second-order valence-corrected chi connectivity index (χ2v) is 4.53. The molecule has 0 amide bonds. The zero-order chi connectivity index (χ0) is 12.3. The van der Waals surface area contributed by atoms with Gasteiger partial charge in [0.2, 0.25) is 0 Å². The summed E-state index contributed by atoms with van der Waals surface area (Å²) in [5.74, 6) is -0.849. The number of ether oxygens (including phenoxy) is 1. The summed E-state index contributed by atoms with van der Waals surface area (Å²) in [6.07, 6.45) is 1.36. The zero-order valence-corrected chi connectivity index (χ0v) is 9.90. The van der Waals surface area contributed by atoms with Crippen molar-refractivity contribution in [3.8, 4) is 0 Å². The van der Waals surface area contributed by atoms with Crippen LogP contribution in [-0.2, 0) is 9.53 Å². The lowest BCUT2D eigenvalue weighted by Gasteiger charge is -2.34. The van der Waals surface area contributed by atoms with Crippen molar-refractivity contribution in [1.29, 1.82) is 0 Å². The van der Waals surface area contributed by atoms with E-state index in [2.05, 4.69) is 5.32 Å². The van der Waals surface area contributed by atoms with Crippen molar-refractivity contribution >= 4 is 11.7 Å². The van der Waals surface area contributed by atoms with Gasteiger partial charge >= 0.3 is 5.97 Å². The maximum absolute atomic E-state index is 11.4. The lowest BCUT2D eigenvalue weighted by Crippen LogP contribution is -2.52. The molecule has 2 rings (SSSR count). The van der Waals surface area contributed by atoms with Gasteiger partial charge in [-0.2, -0.15) is 0 Å². The summed E-state index contributed by atoms with van der Waals surface area (Å²) in [7, 11) is 0. The molecule has 92 valence electrons. The molecule has 1 aromatic carbocycles. The van der Waals surface area contributed by atoms with Gasteiger partial charge in [0.1, 0.15) is 0 Å². The van der Waals surface area contributed by atoms with Crippen molar-refractivity contribution in [2.75, 3.05) is 18.5 Å². The highest BCUT2D eigenvalue weighted by atomic mass is 16.5. The Morgan fingerprint density at radius 2 is 2.12 bits per heavy atom. The summed E-state index contributed by atoms with van der Waals surface area (Å²) >= 11 is 0. The monoisotopic (exact) mass is 235 g/mol. The van der Waals surface area contributed by atoms with Crippen molar-refractivity contribution in [3.05, 3.63) is 29.8 Å². The van der Waals surface area contributed by atoms with E-state index >= 15 is 0 Å². The van der Waals surface area contributed by atoms with E-state index in [1.165, 1.54) is 0 Å². The SMILES string of the molecule is Cc1ccc(NC2(C(=O)O)CCCOC2)cc1. The van der Waals surface area contributed by atoms with Crippen LogP contribution in [0.2, 0.25) is 0 Å². The molecule has 0 radical (unpaired) electrons. The summed E-state index contributed by atoms with van der Waals surface area (Å²) in [5, 5.41) is 12.5. The van der Waals surface area contributed by atoms with E-state index in [9.17, 15) is 9.90 Å². The van der Waals surface area contributed by atoms with Gasteiger partial charge in [-0.3, -0.25) is 0 Å². The third kappa shape index (κ3) is 2.58. The van der Waals surface area contributed by atoms with Gasteiger partial charge < -0.3 is 15.2 Å². The fraction of sp³-hybridized carbons (Fsp3) is 0.462. The first-order chi connectivity index (χ1) is 8.12. The van der Waals surface area contributed by atoms with Crippen LogP contribution in [0.5, 0.6) is 0 Å². The van der Waals surface area contributed by atoms with Crippen LogP contribution in [0.1, 0.15) is 18.4 Å². The Morgan fingerprint density at radius 1 is 1.41 bits per heavy atom. The average Bonchev–Trinajstić information content (AvgIpc) is 2.33. The summed E-state index contributed by atoms with van der Waals surface area (Å²) in [5.41, 5.74) is 0.997. The van der Waals surface area contributed by atoms with Crippen molar-refractivity contribution in [3.63, 3.8) is 0 Å². The van der Waals surface area contributed by atoms with Crippen LogP contribution in [0, 0.1) is 6.92 Å². The number of hydrogen-bond donors (Lipinski definition) is 2. The highest BCUT2D eigenvalue weighted by Crippen LogP contribution is 2.25. The van der Waals surface area contributed by atoms with Gasteiger partial charge in [0.15, 0.2) is 5.54 Å². The molecule has 1 unspecified atom stereocenters. The predicted octanol–water partition coefficient (Wildman–Crippen LogP) is 2.04. The maximum atomic E-state index is 11.4. The van der Waals surface area contributed by atoms with E-state index in [4.69, 9.17) is 4.74 Å². The van der Waals surface area contributed by atoms with Gasteiger partial charge in [-0.25, -0.2) is 4.79 Å². The predicted molar refractivity (Wildman–Crippen MR) is 65.2 cm³/mol. The molecule has 1 aliphatic rings. The standard InChI is InChI=1S/C13H17NO3/c1-10-3-5-11(6-4-10)14-13(12(15)16)7-2-8-17-9-13/h3-6,14H,2,7-9H2,1H3,(H,15,16). The molecule has 1 heterocycles. The first kappa shape index (κ1) is 11.9. The minimum Gasteiger partial charge on any atom is -0.479 e. The average molecular weight is 235 g/mol. The number of benzene rings is 1.